The summed E-state index contributed by atoms with van der Waals surface area (Å²) in [5.41, 5.74) is 0. The highest BCUT2D eigenvalue weighted by molar-refractivity contribution is 7.13. The molecule has 5 N–H and O–H groups in total. The lowest BCUT2D eigenvalue weighted by Crippen LogP contribution is -2.60. The van der Waals surface area contributed by atoms with Crippen molar-refractivity contribution in [3.05, 3.63) is 21.9 Å². The maximum atomic E-state index is 12.0. The maximum Gasteiger partial charge on any atom is 0.345 e. The fourth-order valence-electron chi connectivity index (χ4n) is 3.06. The standard InChI is InChI=1S/C16H20O10S/c17-4-8-11(18)12(19)13(20)16(25-8)26-9-5-24-15(23)7(9)3-6-1-2-10(27-6)14(21)22/h1-2,7-9,11-13,16-20H,3-5H2,(H,21,22)/t7?,8-,9+,11-,12+,13-,16+/m1/s1. The van der Waals surface area contributed by atoms with Crippen LogP contribution in [0.25, 0.3) is 0 Å². The third kappa shape index (κ3) is 4.14. The van der Waals surface area contributed by atoms with E-state index in [0.717, 1.165) is 11.3 Å². The first kappa shape index (κ1) is 20.1. The molecule has 3 heterocycles. The molecule has 10 nitrogen and oxygen atoms in total. The Hall–Kier alpha value is -1.60. The molecule has 2 fully saturated rings. The Morgan fingerprint density at radius 2 is 1.96 bits per heavy atom. The van der Waals surface area contributed by atoms with Crippen LogP contribution in [0.2, 0.25) is 0 Å². The summed E-state index contributed by atoms with van der Waals surface area (Å²) >= 11 is 1.03. The average Bonchev–Trinajstić information content (AvgIpc) is 3.24. The van der Waals surface area contributed by atoms with Gasteiger partial charge in [-0.15, -0.1) is 11.3 Å². The average molecular weight is 404 g/mol. The smallest absolute Gasteiger partial charge is 0.345 e. The first-order chi connectivity index (χ1) is 12.8. The topological polar surface area (TPSA) is 163 Å². The summed E-state index contributed by atoms with van der Waals surface area (Å²) in [5, 5.41) is 47.9. The second-order valence-corrected chi connectivity index (χ2v) is 7.55. The van der Waals surface area contributed by atoms with Gasteiger partial charge in [0.1, 0.15) is 42.0 Å². The molecule has 2 aliphatic heterocycles. The molecule has 0 radical (unpaired) electrons. The highest BCUT2D eigenvalue weighted by Gasteiger charge is 2.47. The summed E-state index contributed by atoms with van der Waals surface area (Å²) < 4.78 is 15.9. The highest BCUT2D eigenvalue weighted by atomic mass is 32.1. The highest BCUT2D eigenvalue weighted by Crippen LogP contribution is 2.30. The van der Waals surface area contributed by atoms with E-state index >= 15 is 0 Å². The van der Waals surface area contributed by atoms with E-state index in [0.29, 0.717) is 4.88 Å². The van der Waals surface area contributed by atoms with Crippen molar-refractivity contribution >= 4 is 23.3 Å². The molecule has 27 heavy (non-hydrogen) atoms. The van der Waals surface area contributed by atoms with Crippen LogP contribution in [-0.2, 0) is 25.4 Å². The number of rotatable bonds is 6. The van der Waals surface area contributed by atoms with Crippen molar-refractivity contribution in [3.63, 3.8) is 0 Å². The molecule has 1 aromatic rings. The fourth-order valence-corrected chi connectivity index (χ4v) is 3.96. The van der Waals surface area contributed by atoms with Crippen LogP contribution in [0.1, 0.15) is 14.5 Å². The monoisotopic (exact) mass is 404 g/mol. The summed E-state index contributed by atoms with van der Waals surface area (Å²) in [4.78, 5) is 23.8. The van der Waals surface area contributed by atoms with Crippen molar-refractivity contribution in [2.75, 3.05) is 13.2 Å². The number of carboxylic acids is 1. The number of hydrogen-bond acceptors (Lipinski definition) is 10. The zero-order valence-corrected chi connectivity index (χ0v) is 14.8. The Morgan fingerprint density at radius 3 is 2.59 bits per heavy atom. The Balaban J connectivity index is 1.69. The van der Waals surface area contributed by atoms with Crippen molar-refractivity contribution in [2.45, 2.75) is 43.2 Å². The predicted molar refractivity (Wildman–Crippen MR) is 88.1 cm³/mol. The minimum Gasteiger partial charge on any atom is -0.477 e. The lowest BCUT2D eigenvalue weighted by atomic mass is 9.98. The van der Waals surface area contributed by atoms with Gasteiger partial charge in [0.25, 0.3) is 0 Å². The lowest BCUT2D eigenvalue weighted by Gasteiger charge is -2.40. The SMILES string of the molecule is O=C(O)c1ccc(CC2C(=O)OC[C@@H]2O[C@@H]2O[C@H](CO)[C@@H](O)[C@H](O)[C@H]2O)s1. The summed E-state index contributed by atoms with van der Waals surface area (Å²) in [5.74, 6) is -2.35. The number of aliphatic hydroxyl groups excluding tert-OH is 4. The van der Waals surface area contributed by atoms with Gasteiger partial charge in [-0.25, -0.2) is 4.79 Å². The molecule has 1 unspecified atom stereocenters. The minimum atomic E-state index is -1.59. The number of thiophene rings is 1. The number of carbonyl (C=O) groups excluding carboxylic acids is 1. The molecule has 1 aromatic heterocycles. The van der Waals surface area contributed by atoms with Crippen LogP contribution >= 0.6 is 11.3 Å². The Kier molecular flexibility index (Phi) is 6.11. The molecule has 0 aromatic carbocycles. The number of cyclic esters (lactones) is 1. The quantitative estimate of drug-likeness (QED) is 0.347. The van der Waals surface area contributed by atoms with Crippen molar-refractivity contribution in [1.82, 2.24) is 0 Å². The van der Waals surface area contributed by atoms with Crippen LogP contribution in [0, 0.1) is 5.92 Å². The number of aliphatic hydroxyl groups is 4. The van der Waals surface area contributed by atoms with Crippen molar-refractivity contribution in [2.24, 2.45) is 5.92 Å². The van der Waals surface area contributed by atoms with Crippen molar-refractivity contribution < 1.29 is 49.3 Å². The van der Waals surface area contributed by atoms with Gasteiger partial charge in [0.2, 0.25) is 0 Å². The van der Waals surface area contributed by atoms with E-state index in [1.165, 1.54) is 6.07 Å². The molecular formula is C16H20O10S. The molecule has 0 bridgehead atoms. The molecule has 7 atom stereocenters. The van der Waals surface area contributed by atoms with Crippen molar-refractivity contribution in [1.29, 1.82) is 0 Å². The second-order valence-electron chi connectivity index (χ2n) is 6.38. The fraction of sp³-hybridized carbons (Fsp3) is 0.625. The lowest BCUT2D eigenvalue weighted by molar-refractivity contribution is -0.313. The van der Waals surface area contributed by atoms with E-state index in [1.807, 2.05) is 0 Å². The van der Waals surface area contributed by atoms with Crippen LogP contribution in [0.4, 0.5) is 0 Å². The molecule has 0 amide bonds. The summed E-state index contributed by atoms with van der Waals surface area (Å²) in [6, 6.07) is 3.04. The summed E-state index contributed by atoms with van der Waals surface area (Å²) in [6.07, 6.45) is -7.82. The van der Waals surface area contributed by atoms with Gasteiger partial charge in [0.15, 0.2) is 6.29 Å². The van der Waals surface area contributed by atoms with Gasteiger partial charge in [-0.2, -0.15) is 0 Å². The van der Waals surface area contributed by atoms with Crippen LogP contribution in [0.5, 0.6) is 0 Å². The Morgan fingerprint density at radius 1 is 1.22 bits per heavy atom. The van der Waals surface area contributed by atoms with Gasteiger partial charge in [-0.3, -0.25) is 4.79 Å². The second kappa shape index (κ2) is 8.19. The van der Waals surface area contributed by atoms with Gasteiger partial charge >= 0.3 is 11.9 Å². The van der Waals surface area contributed by atoms with Crippen LogP contribution in [-0.4, -0.2) is 87.5 Å². The zero-order valence-electron chi connectivity index (χ0n) is 14.0. The molecule has 0 saturated carbocycles. The third-order valence-electron chi connectivity index (χ3n) is 4.59. The number of carboxylic acid groups (broad SMARTS) is 1. The molecule has 2 saturated heterocycles. The number of aromatic carboxylic acids is 1. The van der Waals surface area contributed by atoms with E-state index in [-0.39, 0.29) is 17.9 Å². The van der Waals surface area contributed by atoms with E-state index in [1.54, 1.807) is 6.07 Å². The molecule has 3 rings (SSSR count). The molecular weight excluding hydrogens is 384 g/mol. The van der Waals surface area contributed by atoms with Gasteiger partial charge in [0, 0.05) is 4.88 Å². The van der Waals surface area contributed by atoms with Crippen LogP contribution in [0.15, 0.2) is 12.1 Å². The molecule has 2 aliphatic rings. The third-order valence-corrected chi connectivity index (χ3v) is 5.69. The molecule has 11 heteroatoms. The zero-order chi connectivity index (χ0) is 19.7. The predicted octanol–water partition coefficient (Wildman–Crippen LogP) is -1.65. The maximum absolute atomic E-state index is 12.0. The van der Waals surface area contributed by atoms with E-state index in [4.69, 9.17) is 19.3 Å². The van der Waals surface area contributed by atoms with E-state index < -0.39 is 61.3 Å². The van der Waals surface area contributed by atoms with Crippen LogP contribution in [0.3, 0.4) is 0 Å². The van der Waals surface area contributed by atoms with Gasteiger partial charge < -0.3 is 39.7 Å². The van der Waals surface area contributed by atoms with Gasteiger partial charge in [0.05, 0.1) is 12.5 Å². The summed E-state index contributed by atoms with van der Waals surface area (Å²) in [7, 11) is 0. The molecule has 150 valence electrons. The number of hydrogen-bond donors (Lipinski definition) is 5. The Labute approximate surface area is 157 Å². The normalized spacial score (nSPS) is 36.6. The van der Waals surface area contributed by atoms with E-state index in [2.05, 4.69) is 0 Å². The first-order valence-corrected chi connectivity index (χ1v) is 9.08. The summed E-state index contributed by atoms with van der Waals surface area (Å²) in [6.45, 7) is -0.697. The number of carbonyl (C=O) groups is 2. The van der Waals surface area contributed by atoms with E-state index in [9.17, 15) is 30.0 Å². The minimum absolute atomic E-state index is 0.102. The number of ether oxygens (including phenoxy) is 3. The first-order valence-electron chi connectivity index (χ1n) is 8.26. The van der Waals surface area contributed by atoms with Gasteiger partial charge in [-0.05, 0) is 18.6 Å². The number of esters is 1. The van der Waals surface area contributed by atoms with Gasteiger partial charge in [-0.1, -0.05) is 0 Å². The Bertz CT molecular complexity index is 688. The largest absolute Gasteiger partial charge is 0.477 e. The van der Waals surface area contributed by atoms with Crippen LogP contribution < -0.4 is 0 Å². The molecule has 0 spiro atoms. The molecule has 0 aliphatic carbocycles. The van der Waals surface area contributed by atoms with Crippen molar-refractivity contribution in [3.8, 4) is 0 Å².